The molecule has 20 heavy (non-hydrogen) atoms. The molecule has 0 aliphatic rings. The van der Waals surface area contributed by atoms with Gasteiger partial charge in [0.05, 0.1) is 12.7 Å². The maximum Gasteiger partial charge on any atom is 0.169 e. The van der Waals surface area contributed by atoms with Crippen molar-refractivity contribution in [3.05, 3.63) is 53.1 Å². The van der Waals surface area contributed by atoms with Crippen molar-refractivity contribution in [1.29, 1.82) is 0 Å². The summed E-state index contributed by atoms with van der Waals surface area (Å²) in [5.41, 5.74) is 8.66. The van der Waals surface area contributed by atoms with E-state index in [1.807, 2.05) is 50.2 Å². The highest BCUT2D eigenvalue weighted by molar-refractivity contribution is 7.80. The summed E-state index contributed by atoms with van der Waals surface area (Å²) in [7, 11) is 1.62. The van der Waals surface area contributed by atoms with E-state index in [4.69, 9.17) is 27.4 Å². The molecule has 0 heterocycles. The second kappa shape index (κ2) is 5.92. The van der Waals surface area contributed by atoms with Crippen LogP contribution in [0.4, 0.5) is 0 Å². The minimum atomic E-state index is 0.315. The minimum absolute atomic E-state index is 0.315. The van der Waals surface area contributed by atoms with Crippen molar-refractivity contribution in [1.82, 2.24) is 0 Å². The Bertz CT molecular complexity index is 653. The van der Waals surface area contributed by atoms with E-state index in [0.29, 0.717) is 22.2 Å². The largest absolute Gasteiger partial charge is 0.493 e. The molecule has 4 heteroatoms. The third kappa shape index (κ3) is 3.08. The first-order valence-electron chi connectivity index (χ1n) is 6.24. The molecule has 0 saturated heterocycles. The molecule has 0 atom stereocenters. The highest BCUT2D eigenvalue weighted by Crippen LogP contribution is 2.34. The predicted molar refractivity (Wildman–Crippen MR) is 84.9 cm³/mol. The Hall–Kier alpha value is -2.07. The van der Waals surface area contributed by atoms with Crippen LogP contribution in [0.25, 0.3) is 0 Å². The smallest absolute Gasteiger partial charge is 0.169 e. The SMILES string of the molecule is COc1cc(C)ccc1Oc1ccc(C)cc1C(N)=S. The van der Waals surface area contributed by atoms with Crippen molar-refractivity contribution in [3.8, 4) is 17.2 Å². The minimum Gasteiger partial charge on any atom is -0.493 e. The maximum atomic E-state index is 5.91. The van der Waals surface area contributed by atoms with Crippen LogP contribution in [-0.4, -0.2) is 12.1 Å². The van der Waals surface area contributed by atoms with E-state index in [0.717, 1.165) is 16.7 Å². The van der Waals surface area contributed by atoms with Crippen molar-refractivity contribution in [2.75, 3.05) is 7.11 Å². The van der Waals surface area contributed by atoms with Gasteiger partial charge in [-0.3, -0.25) is 0 Å². The van der Waals surface area contributed by atoms with Gasteiger partial charge in [0.1, 0.15) is 10.7 Å². The van der Waals surface area contributed by atoms with Gasteiger partial charge >= 0.3 is 0 Å². The van der Waals surface area contributed by atoms with Crippen molar-refractivity contribution >= 4 is 17.2 Å². The van der Waals surface area contributed by atoms with Gasteiger partial charge < -0.3 is 15.2 Å². The van der Waals surface area contributed by atoms with Crippen LogP contribution in [0.5, 0.6) is 17.2 Å². The second-order valence-electron chi connectivity index (χ2n) is 4.62. The molecule has 0 saturated carbocycles. The van der Waals surface area contributed by atoms with E-state index >= 15 is 0 Å². The van der Waals surface area contributed by atoms with Gasteiger partial charge in [-0.1, -0.05) is 29.9 Å². The quantitative estimate of drug-likeness (QED) is 0.870. The lowest BCUT2D eigenvalue weighted by atomic mass is 10.1. The van der Waals surface area contributed by atoms with E-state index in [1.54, 1.807) is 7.11 Å². The van der Waals surface area contributed by atoms with Gasteiger partial charge in [-0.2, -0.15) is 0 Å². The summed E-state index contributed by atoms with van der Waals surface area (Å²) in [6, 6.07) is 11.5. The molecular formula is C16H17NO2S. The molecule has 104 valence electrons. The van der Waals surface area contributed by atoms with E-state index < -0.39 is 0 Å². The fourth-order valence-electron chi connectivity index (χ4n) is 1.90. The molecular weight excluding hydrogens is 270 g/mol. The number of thiocarbonyl (C=S) groups is 1. The Kier molecular flexibility index (Phi) is 4.25. The highest BCUT2D eigenvalue weighted by Gasteiger charge is 2.11. The molecule has 0 aliphatic carbocycles. The molecule has 0 spiro atoms. The first-order valence-corrected chi connectivity index (χ1v) is 6.65. The number of rotatable bonds is 4. The topological polar surface area (TPSA) is 44.5 Å². The third-order valence-electron chi connectivity index (χ3n) is 2.94. The lowest BCUT2D eigenvalue weighted by Crippen LogP contribution is -2.11. The lowest BCUT2D eigenvalue weighted by Gasteiger charge is -2.14. The lowest BCUT2D eigenvalue weighted by molar-refractivity contribution is 0.378. The van der Waals surface area contributed by atoms with E-state index in [9.17, 15) is 0 Å². The maximum absolute atomic E-state index is 5.91. The predicted octanol–water partition coefficient (Wildman–Crippen LogP) is 3.74. The Balaban J connectivity index is 2.42. The highest BCUT2D eigenvalue weighted by atomic mass is 32.1. The molecule has 0 aromatic heterocycles. The fraction of sp³-hybridized carbons (Fsp3) is 0.188. The average molecular weight is 287 g/mol. The number of hydrogen-bond donors (Lipinski definition) is 1. The Morgan fingerprint density at radius 2 is 1.55 bits per heavy atom. The first kappa shape index (κ1) is 14.3. The Morgan fingerprint density at radius 1 is 0.950 bits per heavy atom. The van der Waals surface area contributed by atoms with Crippen LogP contribution in [0.2, 0.25) is 0 Å². The van der Waals surface area contributed by atoms with Gasteiger partial charge in [0.2, 0.25) is 0 Å². The van der Waals surface area contributed by atoms with Crippen LogP contribution >= 0.6 is 12.2 Å². The Labute approximate surface area is 124 Å². The zero-order valence-corrected chi connectivity index (χ0v) is 12.6. The molecule has 0 fully saturated rings. The summed E-state index contributed by atoms with van der Waals surface area (Å²) in [6.45, 7) is 3.98. The zero-order valence-electron chi connectivity index (χ0n) is 11.8. The Morgan fingerprint density at radius 3 is 2.15 bits per heavy atom. The number of methoxy groups -OCH3 is 1. The molecule has 0 aliphatic heterocycles. The van der Waals surface area contributed by atoms with Gasteiger partial charge in [0.15, 0.2) is 11.5 Å². The number of nitrogens with two attached hydrogens (primary N) is 1. The van der Waals surface area contributed by atoms with Gasteiger partial charge in [0, 0.05) is 0 Å². The average Bonchev–Trinajstić information content (AvgIpc) is 2.42. The fourth-order valence-corrected chi connectivity index (χ4v) is 2.06. The third-order valence-corrected chi connectivity index (χ3v) is 3.16. The molecule has 2 aromatic carbocycles. The zero-order chi connectivity index (χ0) is 14.7. The van der Waals surface area contributed by atoms with Crippen molar-refractivity contribution in [3.63, 3.8) is 0 Å². The van der Waals surface area contributed by atoms with E-state index in [2.05, 4.69) is 0 Å². The van der Waals surface area contributed by atoms with Crippen LogP contribution in [0.15, 0.2) is 36.4 Å². The van der Waals surface area contributed by atoms with Gasteiger partial charge in [-0.25, -0.2) is 0 Å². The first-order chi connectivity index (χ1) is 9.51. The number of hydrogen-bond acceptors (Lipinski definition) is 3. The molecule has 0 radical (unpaired) electrons. The van der Waals surface area contributed by atoms with Crippen LogP contribution in [0.1, 0.15) is 16.7 Å². The van der Waals surface area contributed by atoms with Crippen LogP contribution in [-0.2, 0) is 0 Å². The van der Waals surface area contributed by atoms with Gasteiger partial charge in [-0.05, 0) is 43.7 Å². The molecule has 0 unspecified atom stereocenters. The van der Waals surface area contributed by atoms with Crippen molar-refractivity contribution in [2.24, 2.45) is 5.73 Å². The number of ether oxygens (including phenoxy) is 2. The summed E-state index contributed by atoms with van der Waals surface area (Å²) in [5.74, 6) is 1.95. The molecule has 2 N–H and O–H groups in total. The van der Waals surface area contributed by atoms with Crippen molar-refractivity contribution in [2.45, 2.75) is 13.8 Å². The summed E-state index contributed by atoms with van der Waals surface area (Å²) in [6.07, 6.45) is 0. The van der Waals surface area contributed by atoms with Crippen LogP contribution < -0.4 is 15.2 Å². The normalized spacial score (nSPS) is 10.2. The van der Waals surface area contributed by atoms with E-state index in [-0.39, 0.29) is 0 Å². The van der Waals surface area contributed by atoms with Crippen molar-refractivity contribution < 1.29 is 9.47 Å². The standard InChI is InChI=1S/C16H17NO2S/c1-10-4-6-13(12(8-10)16(17)20)19-14-7-5-11(2)9-15(14)18-3/h4-9H,1-3H3,(H2,17,20). The molecule has 3 nitrogen and oxygen atoms in total. The monoisotopic (exact) mass is 287 g/mol. The van der Waals surface area contributed by atoms with Gasteiger partial charge in [-0.15, -0.1) is 0 Å². The summed E-state index contributed by atoms with van der Waals surface area (Å²) < 4.78 is 11.2. The number of aryl methyl sites for hydroxylation is 2. The second-order valence-corrected chi connectivity index (χ2v) is 5.06. The summed E-state index contributed by atoms with van der Waals surface area (Å²) in [5, 5.41) is 0. The van der Waals surface area contributed by atoms with E-state index in [1.165, 1.54) is 0 Å². The van der Waals surface area contributed by atoms with Crippen LogP contribution in [0, 0.1) is 13.8 Å². The van der Waals surface area contributed by atoms with Gasteiger partial charge in [0.25, 0.3) is 0 Å². The summed E-state index contributed by atoms with van der Waals surface area (Å²) in [4.78, 5) is 0.315. The molecule has 2 rings (SSSR count). The summed E-state index contributed by atoms with van der Waals surface area (Å²) >= 11 is 5.07. The van der Waals surface area contributed by atoms with Crippen LogP contribution in [0.3, 0.4) is 0 Å². The number of benzene rings is 2. The molecule has 0 amide bonds. The molecule has 0 bridgehead atoms. The molecule has 2 aromatic rings.